The number of halogens is 1. The highest BCUT2D eigenvalue weighted by Crippen LogP contribution is 2.30. The van der Waals surface area contributed by atoms with Crippen molar-refractivity contribution in [3.8, 4) is 17.0 Å². The Kier molecular flexibility index (Phi) is 3.59. The van der Waals surface area contributed by atoms with Gasteiger partial charge in [0.25, 0.3) is 0 Å². The molecule has 2 heterocycles. The average Bonchev–Trinajstić information content (AvgIpc) is 3.25. The molecule has 2 aromatic heterocycles. The van der Waals surface area contributed by atoms with Crippen molar-refractivity contribution < 1.29 is 18.4 Å². The van der Waals surface area contributed by atoms with Gasteiger partial charge in [-0.3, -0.25) is 0 Å². The molecule has 0 aliphatic heterocycles. The van der Waals surface area contributed by atoms with Gasteiger partial charge in [-0.25, -0.2) is 9.18 Å². The number of carbonyl (C=O) groups excluding carboxylic acids is 1. The van der Waals surface area contributed by atoms with Crippen molar-refractivity contribution in [3.05, 3.63) is 70.7 Å². The molecular weight excluding hydrogens is 329 g/mol. The third-order valence-electron chi connectivity index (χ3n) is 3.49. The monoisotopic (exact) mass is 339 g/mol. The lowest BCUT2D eigenvalue weighted by molar-refractivity contribution is 0.0740. The summed E-state index contributed by atoms with van der Waals surface area (Å²) in [5, 5.41) is 6.60. The Bertz CT molecular complexity index is 1010. The summed E-state index contributed by atoms with van der Waals surface area (Å²) in [6, 6.07) is 14.6. The van der Waals surface area contributed by atoms with E-state index in [-0.39, 0.29) is 5.82 Å². The molecule has 118 valence electrons. The zero-order chi connectivity index (χ0) is 16.5. The molecule has 0 radical (unpaired) electrons. The van der Waals surface area contributed by atoms with E-state index in [1.807, 2.05) is 5.38 Å². The summed E-state index contributed by atoms with van der Waals surface area (Å²) in [5.74, 6) is -0.348. The molecule has 2 aromatic carbocycles. The maximum absolute atomic E-state index is 13.0. The SMILES string of the molecule is O=C(Oc1ccc2c(-c3ccc(F)cc3)noc2c1)c1cccs1. The van der Waals surface area contributed by atoms with E-state index in [1.165, 1.54) is 23.5 Å². The summed E-state index contributed by atoms with van der Waals surface area (Å²) in [7, 11) is 0. The topological polar surface area (TPSA) is 52.3 Å². The number of esters is 1. The summed E-state index contributed by atoms with van der Waals surface area (Å²) < 4.78 is 23.7. The molecule has 0 N–H and O–H groups in total. The number of thiophene rings is 1. The zero-order valence-electron chi connectivity index (χ0n) is 12.2. The third-order valence-corrected chi connectivity index (χ3v) is 4.34. The number of fused-ring (bicyclic) bond motifs is 1. The van der Waals surface area contributed by atoms with Gasteiger partial charge in [-0.1, -0.05) is 11.2 Å². The first kappa shape index (κ1) is 14.6. The highest BCUT2D eigenvalue weighted by atomic mass is 32.1. The lowest BCUT2D eigenvalue weighted by Gasteiger charge is -2.02. The molecular formula is C18H10FNO3S. The fourth-order valence-electron chi connectivity index (χ4n) is 2.35. The highest BCUT2D eigenvalue weighted by Gasteiger charge is 2.14. The zero-order valence-corrected chi connectivity index (χ0v) is 13.0. The lowest BCUT2D eigenvalue weighted by Crippen LogP contribution is -2.05. The standard InChI is InChI=1S/C18H10FNO3S/c19-12-5-3-11(4-6-12)17-14-8-7-13(10-15(14)23-20-17)22-18(21)16-2-1-9-24-16/h1-10H. The molecule has 0 fully saturated rings. The van der Waals surface area contributed by atoms with Crippen molar-refractivity contribution >= 4 is 28.3 Å². The average molecular weight is 339 g/mol. The largest absolute Gasteiger partial charge is 0.422 e. The maximum atomic E-state index is 13.0. The Balaban J connectivity index is 1.65. The summed E-state index contributed by atoms with van der Waals surface area (Å²) in [5.41, 5.74) is 1.85. The van der Waals surface area contributed by atoms with Gasteiger partial charge in [-0.05, 0) is 47.8 Å². The van der Waals surface area contributed by atoms with Gasteiger partial charge in [0.1, 0.15) is 22.1 Å². The Morgan fingerprint density at radius 3 is 2.71 bits per heavy atom. The number of hydrogen-bond acceptors (Lipinski definition) is 5. The third kappa shape index (κ3) is 2.68. The van der Waals surface area contributed by atoms with Crippen LogP contribution in [-0.4, -0.2) is 11.1 Å². The van der Waals surface area contributed by atoms with Crippen LogP contribution in [0.3, 0.4) is 0 Å². The van der Waals surface area contributed by atoms with Crippen LogP contribution in [0.4, 0.5) is 4.39 Å². The molecule has 0 saturated heterocycles. The van der Waals surface area contributed by atoms with E-state index in [9.17, 15) is 9.18 Å². The number of hydrogen-bond donors (Lipinski definition) is 0. The smallest absolute Gasteiger partial charge is 0.353 e. The number of carbonyl (C=O) groups is 1. The van der Waals surface area contributed by atoms with Crippen molar-refractivity contribution in [1.82, 2.24) is 5.16 Å². The number of rotatable bonds is 3. The second-order valence-electron chi connectivity index (χ2n) is 5.06. The number of nitrogens with zero attached hydrogens (tertiary/aromatic N) is 1. The molecule has 0 unspecified atom stereocenters. The maximum Gasteiger partial charge on any atom is 0.353 e. The number of aromatic nitrogens is 1. The first-order valence-electron chi connectivity index (χ1n) is 7.12. The quantitative estimate of drug-likeness (QED) is 0.393. The van der Waals surface area contributed by atoms with E-state index in [0.717, 1.165) is 10.9 Å². The van der Waals surface area contributed by atoms with E-state index in [1.54, 1.807) is 42.5 Å². The van der Waals surface area contributed by atoms with E-state index < -0.39 is 5.97 Å². The molecule has 0 aliphatic carbocycles. The summed E-state index contributed by atoms with van der Waals surface area (Å²) in [4.78, 5) is 12.5. The molecule has 4 rings (SSSR count). The summed E-state index contributed by atoms with van der Waals surface area (Å²) >= 11 is 1.32. The molecule has 0 spiro atoms. The van der Waals surface area contributed by atoms with Crippen LogP contribution in [-0.2, 0) is 0 Å². The van der Waals surface area contributed by atoms with E-state index in [0.29, 0.717) is 21.9 Å². The van der Waals surface area contributed by atoms with Crippen LogP contribution >= 0.6 is 11.3 Å². The van der Waals surface area contributed by atoms with Gasteiger partial charge in [0.15, 0.2) is 5.58 Å². The molecule has 4 nitrogen and oxygen atoms in total. The lowest BCUT2D eigenvalue weighted by atomic mass is 10.1. The van der Waals surface area contributed by atoms with Crippen LogP contribution in [0.2, 0.25) is 0 Å². The van der Waals surface area contributed by atoms with Crippen LogP contribution < -0.4 is 4.74 Å². The van der Waals surface area contributed by atoms with Gasteiger partial charge in [-0.15, -0.1) is 11.3 Å². The van der Waals surface area contributed by atoms with Crippen LogP contribution in [0.1, 0.15) is 9.67 Å². The predicted octanol–water partition coefficient (Wildman–Crippen LogP) is 4.91. The molecule has 0 saturated carbocycles. The molecule has 24 heavy (non-hydrogen) atoms. The van der Waals surface area contributed by atoms with Crippen LogP contribution in [0.25, 0.3) is 22.2 Å². The van der Waals surface area contributed by atoms with Crippen LogP contribution in [0.5, 0.6) is 5.75 Å². The fraction of sp³-hybridized carbons (Fsp3) is 0. The minimum atomic E-state index is -0.414. The van der Waals surface area contributed by atoms with Crippen molar-refractivity contribution in [3.63, 3.8) is 0 Å². The normalized spacial score (nSPS) is 10.9. The van der Waals surface area contributed by atoms with E-state index in [2.05, 4.69) is 5.16 Å². The van der Waals surface area contributed by atoms with E-state index >= 15 is 0 Å². The second-order valence-corrected chi connectivity index (χ2v) is 6.01. The van der Waals surface area contributed by atoms with Gasteiger partial charge in [0, 0.05) is 17.0 Å². The van der Waals surface area contributed by atoms with Crippen molar-refractivity contribution in [1.29, 1.82) is 0 Å². The van der Waals surface area contributed by atoms with Gasteiger partial charge >= 0.3 is 5.97 Å². The Morgan fingerprint density at radius 1 is 1.12 bits per heavy atom. The number of benzene rings is 2. The molecule has 0 aliphatic rings. The second kappa shape index (κ2) is 5.90. The van der Waals surface area contributed by atoms with E-state index in [4.69, 9.17) is 9.26 Å². The Labute approximate surface area is 140 Å². The minimum absolute atomic E-state index is 0.311. The predicted molar refractivity (Wildman–Crippen MR) is 88.7 cm³/mol. The van der Waals surface area contributed by atoms with Crippen molar-refractivity contribution in [2.45, 2.75) is 0 Å². The fourth-order valence-corrected chi connectivity index (χ4v) is 2.95. The summed E-state index contributed by atoms with van der Waals surface area (Å²) in [6.45, 7) is 0. The molecule has 0 amide bonds. The van der Waals surface area contributed by atoms with Gasteiger partial charge in [0.2, 0.25) is 0 Å². The first-order valence-corrected chi connectivity index (χ1v) is 8.00. The molecule has 0 bridgehead atoms. The van der Waals surface area contributed by atoms with Gasteiger partial charge in [0.05, 0.1) is 0 Å². The highest BCUT2D eigenvalue weighted by molar-refractivity contribution is 7.12. The van der Waals surface area contributed by atoms with Crippen LogP contribution in [0, 0.1) is 5.82 Å². The van der Waals surface area contributed by atoms with Crippen LogP contribution in [0.15, 0.2) is 64.5 Å². The Hall–Kier alpha value is -2.99. The van der Waals surface area contributed by atoms with Crippen molar-refractivity contribution in [2.24, 2.45) is 0 Å². The molecule has 6 heteroatoms. The van der Waals surface area contributed by atoms with Gasteiger partial charge < -0.3 is 9.26 Å². The van der Waals surface area contributed by atoms with Crippen molar-refractivity contribution in [2.75, 3.05) is 0 Å². The number of ether oxygens (including phenoxy) is 1. The summed E-state index contributed by atoms with van der Waals surface area (Å²) in [6.07, 6.45) is 0. The Morgan fingerprint density at radius 2 is 1.96 bits per heavy atom. The minimum Gasteiger partial charge on any atom is -0.422 e. The van der Waals surface area contributed by atoms with Gasteiger partial charge in [-0.2, -0.15) is 0 Å². The molecule has 0 atom stereocenters. The molecule has 4 aromatic rings. The first-order chi connectivity index (χ1) is 11.7.